The molecular weight excluding hydrogens is 272 g/mol. The van der Waals surface area contributed by atoms with Crippen molar-refractivity contribution in [2.75, 3.05) is 14.2 Å². The maximum atomic E-state index is 11.3. The molecule has 0 unspecified atom stereocenters. The Morgan fingerprint density at radius 3 is 2.05 bits per heavy atom. The zero-order valence-electron chi connectivity index (χ0n) is 13.4. The topological polar surface area (TPSA) is 44.8 Å². The van der Waals surface area contributed by atoms with Crippen LogP contribution in [0.15, 0.2) is 12.1 Å². The maximum Gasteiger partial charge on any atom is 0.250 e. The molecule has 0 heterocycles. The van der Waals surface area contributed by atoms with Crippen LogP contribution in [0.2, 0.25) is 18.1 Å². The summed E-state index contributed by atoms with van der Waals surface area (Å²) in [7, 11) is 1.04. The van der Waals surface area contributed by atoms with E-state index in [1.807, 2.05) is 0 Å². The van der Waals surface area contributed by atoms with Crippen LogP contribution in [-0.4, -0.2) is 28.8 Å². The van der Waals surface area contributed by atoms with E-state index in [-0.39, 0.29) is 5.04 Å². The highest BCUT2D eigenvalue weighted by Crippen LogP contribution is 2.44. The molecule has 0 spiro atoms. The summed E-state index contributed by atoms with van der Waals surface area (Å²) in [5.74, 6) is 1.52. The number of rotatable bonds is 5. The minimum Gasteiger partial charge on any atom is -0.540 e. The highest BCUT2D eigenvalue weighted by Gasteiger charge is 2.40. The summed E-state index contributed by atoms with van der Waals surface area (Å²) in [6.45, 7) is 10.7. The number of ether oxygens (including phenoxy) is 2. The van der Waals surface area contributed by atoms with Crippen molar-refractivity contribution in [1.29, 1.82) is 0 Å². The van der Waals surface area contributed by atoms with Gasteiger partial charge in [-0.2, -0.15) is 0 Å². The lowest BCUT2D eigenvalue weighted by atomic mass is 10.2. The normalized spacial score (nSPS) is 11.9. The molecule has 1 aromatic rings. The predicted octanol–water partition coefficient (Wildman–Crippen LogP) is 3.90. The molecule has 0 aromatic heterocycles. The Morgan fingerprint density at radius 2 is 1.65 bits per heavy atom. The van der Waals surface area contributed by atoms with Gasteiger partial charge in [-0.05, 0) is 30.3 Å². The van der Waals surface area contributed by atoms with E-state index >= 15 is 0 Å². The minimum absolute atomic E-state index is 0.0290. The predicted molar refractivity (Wildman–Crippen MR) is 82.8 cm³/mol. The van der Waals surface area contributed by atoms with Crippen LogP contribution in [0.3, 0.4) is 0 Å². The first-order chi connectivity index (χ1) is 9.17. The van der Waals surface area contributed by atoms with E-state index in [9.17, 15) is 4.79 Å². The van der Waals surface area contributed by atoms with Crippen molar-refractivity contribution >= 4 is 14.6 Å². The summed E-state index contributed by atoms with van der Waals surface area (Å²) in [6, 6.07) is 3.40. The maximum absolute atomic E-state index is 11.3. The first kappa shape index (κ1) is 16.6. The fraction of sp³-hybridized carbons (Fsp3) is 0.533. The Bertz CT molecular complexity index is 489. The number of carbonyl (C=O) groups excluding carboxylic acids is 1. The van der Waals surface area contributed by atoms with Crippen LogP contribution in [0.25, 0.3) is 0 Å². The van der Waals surface area contributed by atoms with E-state index in [4.69, 9.17) is 13.9 Å². The minimum atomic E-state index is -2.07. The highest BCUT2D eigenvalue weighted by atomic mass is 28.4. The number of aldehydes is 1. The van der Waals surface area contributed by atoms with E-state index in [0.29, 0.717) is 22.8 Å². The third kappa shape index (κ3) is 3.15. The van der Waals surface area contributed by atoms with Gasteiger partial charge in [0.25, 0.3) is 8.32 Å². The number of benzene rings is 1. The van der Waals surface area contributed by atoms with Crippen LogP contribution < -0.4 is 13.9 Å². The fourth-order valence-corrected chi connectivity index (χ4v) is 2.55. The van der Waals surface area contributed by atoms with Crippen molar-refractivity contribution in [2.24, 2.45) is 0 Å². The summed E-state index contributed by atoms with van der Waals surface area (Å²) in [5.41, 5.74) is 0.479. The molecule has 20 heavy (non-hydrogen) atoms. The van der Waals surface area contributed by atoms with Gasteiger partial charge in [0, 0.05) is 0 Å². The summed E-state index contributed by atoms with van der Waals surface area (Å²) >= 11 is 0. The lowest BCUT2D eigenvalue weighted by Gasteiger charge is -2.37. The van der Waals surface area contributed by atoms with Gasteiger partial charge in [0.15, 0.2) is 17.8 Å². The van der Waals surface area contributed by atoms with Gasteiger partial charge in [-0.3, -0.25) is 4.79 Å². The van der Waals surface area contributed by atoms with Gasteiger partial charge in [-0.15, -0.1) is 0 Å². The van der Waals surface area contributed by atoms with Crippen molar-refractivity contribution < 1.29 is 18.7 Å². The standard InChI is InChI=1S/C15H24O4Si/c1-15(2,3)20(6,7)19-13-11(10-16)8-9-12(17-4)14(13)18-5/h8-10H,1-7H3. The summed E-state index contributed by atoms with van der Waals surface area (Å²) in [5, 5.41) is 0.0290. The molecule has 0 saturated heterocycles. The van der Waals surface area contributed by atoms with Crippen molar-refractivity contribution in [3.63, 3.8) is 0 Å². The van der Waals surface area contributed by atoms with E-state index in [1.54, 1.807) is 26.4 Å². The summed E-state index contributed by atoms with van der Waals surface area (Å²) in [4.78, 5) is 11.3. The number of hydrogen-bond acceptors (Lipinski definition) is 4. The van der Waals surface area contributed by atoms with Gasteiger partial charge in [-0.25, -0.2) is 0 Å². The quantitative estimate of drug-likeness (QED) is 0.610. The van der Waals surface area contributed by atoms with Crippen LogP contribution in [0.4, 0.5) is 0 Å². The van der Waals surface area contributed by atoms with E-state index < -0.39 is 8.32 Å². The molecule has 0 bridgehead atoms. The monoisotopic (exact) mass is 296 g/mol. The average molecular weight is 296 g/mol. The SMILES string of the molecule is COc1ccc(C=O)c(O[Si](C)(C)C(C)(C)C)c1OC. The van der Waals surface area contributed by atoms with Gasteiger partial charge in [0.1, 0.15) is 0 Å². The Labute approximate surface area is 122 Å². The average Bonchev–Trinajstić information content (AvgIpc) is 2.36. The summed E-state index contributed by atoms with van der Waals surface area (Å²) in [6.07, 6.45) is 0.782. The van der Waals surface area contributed by atoms with Crippen LogP contribution >= 0.6 is 0 Å². The molecule has 0 N–H and O–H groups in total. The van der Waals surface area contributed by atoms with Crippen molar-refractivity contribution in [3.8, 4) is 17.2 Å². The first-order valence-electron chi connectivity index (χ1n) is 6.57. The molecule has 0 saturated carbocycles. The van der Waals surface area contributed by atoms with Crippen LogP contribution in [0.1, 0.15) is 31.1 Å². The zero-order chi connectivity index (χ0) is 15.6. The third-order valence-electron chi connectivity index (χ3n) is 3.82. The van der Waals surface area contributed by atoms with E-state index in [2.05, 4.69) is 33.9 Å². The Morgan fingerprint density at radius 1 is 1.05 bits per heavy atom. The van der Waals surface area contributed by atoms with Crippen LogP contribution in [-0.2, 0) is 0 Å². The Hall–Kier alpha value is -1.49. The van der Waals surface area contributed by atoms with Crippen molar-refractivity contribution in [3.05, 3.63) is 17.7 Å². The van der Waals surface area contributed by atoms with Crippen LogP contribution in [0, 0.1) is 0 Å². The molecule has 0 aliphatic rings. The fourth-order valence-electron chi connectivity index (χ4n) is 1.52. The second-order valence-corrected chi connectivity index (χ2v) is 10.9. The molecule has 0 radical (unpaired) electrons. The van der Waals surface area contributed by atoms with Gasteiger partial charge in [-0.1, -0.05) is 20.8 Å². The third-order valence-corrected chi connectivity index (χ3v) is 8.15. The molecule has 0 aliphatic carbocycles. The molecule has 0 aliphatic heterocycles. The molecule has 1 aromatic carbocycles. The highest BCUT2D eigenvalue weighted by molar-refractivity contribution is 6.74. The Kier molecular flexibility index (Phi) is 4.86. The molecular formula is C15H24O4Si. The molecule has 112 valence electrons. The number of methoxy groups -OCH3 is 2. The zero-order valence-corrected chi connectivity index (χ0v) is 14.4. The molecule has 0 atom stereocenters. The van der Waals surface area contributed by atoms with Gasteiger partial charge < -0.3 is 13.9 Å². The lowest BCUT2D eigenvalue weighted by Crippen LogP contribution is -2.44. The Balaban J connectivity index is 3.39. The van der Waals surface area contributed by atoms with Crippen molar-refractivity contribution in [2.45, 2.75) is 38.9 Å². The molecule has 0 amide bonds. The molecule has 5 heteroatoms. The van der Waals surface area contributed by atoms with E-state index in [1.165, 1.54) is 0 Å². The number of carbonyl (C=O) groups is 1. The number of hydrogen-bond donors (Lipinski definition) is 0. The largest absolute Gasteiger partial charge is 0.540 e. The smallest absolute Gasteiger partial charge is 0.250 e. The van der Waals surface area contributed by atoms with Crippen molar-refractivity contribution in [1.82, 2.24) is 0 Å². The molecule has 4 nitrogen and oxygen atoms in total. The van der Waals surface area contributed by atoms with Gasteiger partial charge in [0.2, 0.25) is 5.75 Å². The second-order valence-electron chi connectivity index (χ2n) is 6.20. The van der Waals surface area contributed by atoms with Crippen LogP contribution in [0.5, 0.6) is 17.2 Å². The van der Waals surface area contributed by atoms with E-state index in [0.717, 1.165) is 6.29 Å². The van der Waals surface area contributed by atoms with Gasteiger partial charge >= 0.3 is 0 Å². The van der Waals surface area contributed by atoms with Gasteiger partial charge in [0.05, 0.1) is 19.8 Å². The lowest BCUT2D eigenvalue weighted by molar-refractivity contribution is 0.112. The molecule has 1 rings (SSSR count). The summed E-state index contributed by atoms with van der Waals surface area (Å²) < 4.78 is 16.9. The molecule has 0 fully saturated rings. The second kappa shape index (κ2) is 5.87. The first-order valence-corrected chi connectivity index (χ1v) is 9.48.